The Labute approximate surface area is 107 Å². The van der Waals surface area contributed by atoms with Crippen LogP contribution in [0.4, 0.5) is 0 Å². The van der Waals surface area contributed by atoms with Gasteiger partial charge in [-0.25, -0.2) is 4.98 Å². The summed E-state index contributed by atoms with van der Waals surface area (Å²) >= 11 is 0. The normalized spacial score (nSPS) is 15.2. The van der Waals surface area contributed by atoms with Gasteiger partial charge in [0.05, 0.1) is 18.2 Å². The minimum atomic E-state index is 0.711. The van der Waals surface area contributed by atoms with E-state index in [1.807, 2.05) is 30.5 Å². The Morgan fingerprint density at radius 3 is 3.00 bits per heavy atom. The molecule has 2 aromatic heterocycles. The molecule has 1 fully saturated rings. The molecule has 0 radical (unpaired) electrons. The van der Waals surface area contributed by atoms with Crippen LogP contribution < -0.4 is 5.32 Å². The summed E-state index contributed by atoms with van der Waals surface area (Å²) in [6.07, 6.45) is 11.5. The quantitative estimate of drug-likeness (QED) is 0.780. The summed E-state index contributed by atoms with van der Waals surface area (Å²) in [4.78, 5) is 4.23. The van der Waals surface area contributed by atoms with Crippen LogP contribution in [0.15, 0.2) is 24.9 Å². The highest BCUT2D eigenvalue weighted by Gasteiger charge is 2.24. The molecular formula is C13H19N5. The minimum absolute atomic E-state index is 0.711. The summed E-state index contributed by atoms with van der Waals surface area (Å²) in [7, 11) is 1.95. The van der Waals surface area contributed by atoms with Crippen molar-refractivity contribution >= 4 is 0 Å². The van der Waals surface area contributed by atoms with Crippen molar-refractivity contribution in [2.75, 3.05) is 6.54 Å². The van der Waals surface area contributed by atoms with Gasteiger partial charge in [0, 0.05) is 32.0 Å². The number of aryl methyl sites for hydroxylation is 1. The second kappa shape index (κ2) is 4.94. The summed E-state index contributed by atoms with van der Waals surface area (Å²) in [5.74, 6) is 0. The SMILES string of the molecule is Cn1cc(CCNCc2cncn2C2CC2)cn1. The molecular weight excluding hydrogens is 226 g/mol. The largest absolute Gasteiger partial charge is 0.330 e. The van der Waals surface area contributed by atoms with Crippen LogP contribution in [0, 0.1) is 0 Å². The molecule has 5 heteroatoms. The number of hydrogen-bond acceptors (Lipinski definition) is 3. The van der Waals surface area contributed by atoms with Crippen LogP contribution in [0.1, 0.15) is 30.1 Å². The van der Waals surface area contributed by atoms with E-state index in [4.69, 9.17) is 0 Å². The zero-order valence-electron chi connectivity index (χ0n) is 10.7. The molecule has 0 amide bonds. The molecule has 0 spiro atoms. The molecule has 96 valence electrons. The van der Waals surface area contributed by atoms with Gasteiger partial charge in [-0.15, -0.1) is 0 Å². The van der Waals surface area contributed by atoms with Crippen molar-refractivity contribution in [3.8, 4) is 0 Å². The van der Waals surface area contributed by atoms with Crippen molar-refractivity contribution in [1.82, 2.24) is 24.6 Å². The molecule has 18 heavy (non-hydrogen) atoms. The number of hydrogen-bond donors (Lipinski definition) is 1. The lowest BCUT2D eigenvalue weighted by Crippen LogP contribution is -2.18. The second-order valence-corrected chi connectivity index (χ2v) is 4.97. The number of aromatic nitrogens is 4. The lowest BCUT2D eigenvalue weighted by molar-refractivity contribution is 0.620. The molecule has 0 unspecified atom stereocenters. The van der Waals surface area contributed by atoms with Gasteiger partial charge in [-0.1, -0.05) is 0 Å². The van der Waals surface area contributed by atoms with Gasteiger partial charge in [0.25, 0.3) is 0 Å². The molecule has 1 N–H and O–H groups in total. The molecule has 0 aromatic carbocycles. The first-order chi connectivity index (χ1) is 8.83. The van der Waals surface area contributed by atoms with Crippen molar-refractivity contribution in [2.45, 2.75) is 31.8 Å². The van der Waals surface area contributed by atoms with E-state index in [-0.39, 0.29) is 0 Å². The highest BCUT2D eigenvalue weighted by atomic mass is 15.2. The maximum Gasteiger partial charge on any atom is 0.0951 e. The summed E-state index contributed by atoms with van der Waals surface area (Å²) in [6.45, 7) is 1.87. The highest BCUT2D eigenvalue weighted by Crippen LogP contribution is 2.35. The number of nitrogens with zero attached hydrogens (tertiary/aromatic N) is 4. The summed E-state index contributed by atoms with van der Waals surface area (Å²) in [5.41, 5.74) is 2.57. The van der Waals surface area contributed by atoms with Crippen molar-refractivity contribution in [2.24, 2.45) is 7.05 Å². The zero-order valence-corrected chi connectivity index (χ0v) is 10.7. The number of imidazole rings is 1. The fourth-order valence-corrected chi connectivity index (χ4v) is 2.20. The molecule has 0 bridgehead atoms. The molecule has 2 aromatic rings. The van der Waals surface area contributed by atoms with E-state index in [0.717, 1.165) is 19.5 Å². The molecule has 2 heterocycles. The Morgan fingerprint density at radius 2 is 2.28 bits per heavy atom. The van der Waals surface area contributed by atoms with Crippen LogP contribution >= 0.6 is 0 Å². The summed E-state index contributed by atoms with van der Waals surface area (Å²) in [5, 5.41) is 7.64. The fourth-order valence-electron chi connectivity index (χ4n) is 2.20. The Morgan fingerprint density at radius 1 is 1.39 bits per heavy atom. The van der Waals surface area contributed by atoms with Crippen molar-refractivity contribution < 1.29 is 0 Å². The van der Waals surface area contributed by atoms with E-state index >= 15 is 0 Å². The van der Waals surface area contributed by atoms with Crippen LogP contribution in [-0.2, 0) is 20.0 Å². The molecule has 5 nitrogen and oxygen atoms in total. The van der Waals surface area contributed by atoms with Crippen molar-refractivity contribution in [3.63, 3.8) is 0 Å². The molecule has 0 atom stereocenters. The van der Waals surface area contributed by atoms with Gasteiger partial charge in [0.1, 0.15) is 0 Å². The van der Waals surface area contributed by atoms with Crippen LogP contribution in [0.2, 0.25) is 0 Å². The van der Waals surface area contributed by atoms with Crippen molar-refractivity contribution in [1.29, 1.82) is 0 Å². The number of nitrogens with one attached hydrogen (secondary N) is 1. The summed E-state index contributed by atoms with van der Waals surface area (Å²) in [6, 6.07) is 0.711. The zero-order chi connectivity index (χ0) is 12.4. The minimum Gasteiger partial charge on any atom is -0.330 e. The smallest absolute Gasteiger partial charge is 0.0951 e. The van der Waals surface area contributed by atoms with Gasteiger partial charge in [0.2, 0.25) is 0 Å². The fraction of sp³-hybridized carbons (Fsp3) is 0.538. The van der Waals surface area contributed by atoms with Crippen LogP contribution in [-0.4, -0.2) is 25.9 Å². The van der Waals surface area contributed by atoms with Gasteiger partial charge >= 0.3 is 0 Å². The van der Waals surface area contributed by atoms with E-state index in [1.165, 1.54) is 24.1 Å². The van der Waals surface area contributed by atoms with E-state index in [9.17, 15) is 0 Å². The topological polar surface area (TPSA) is 47.7 Å². The van der Waals surface area contributed by atoms with Gasteiger partial charge < -0.3 is 9.88 Å². The van der Waals surface area contributed by atoms with Crippen LogP contribution in [0.25, 0.3) is 0 Å². The first-order valence-electron chi connectivity index (χ1n) is 6.52. The van der Waals surface area contributed by atoms with Gasteiger partial charge in [-0.2, -0.15) is 5.10 Å². The lowest BCUT2D eigenvalue weighted by Gasteiger charge is -2.07. The third-order valence-corrected chi connectivity index (χ3v) is 3.34. The highest BCUT2D eigenvalue weighted by molar-refractivity contribution is 5.05. The molecule has 1 aliphatic carbocycles. The molecule has 0 saturated heterocycles. The van der Waals surface area contributed by atoms with E-state index < -0.39 is 0 Å². The van der Waals surface area contributed by atoms with E-state index in [0.29, 0.717) is 6.04 Å². The maximum atomic E-state index is 4.23. The standard InChI is InChI=1S/C13H19N5/c1-17-9-11(6-16-17)4-5-14-7-13-8-15-10-18(13)12-2-3-12/h6,8-10,12,14H,2-5,7H2,1H3. The summed E-state index contributed by atoms with van der Waals surface area (Å²) < 4.78 is 4.15. The monoisotopic (exact) mass is 245 g/mol. The van der Waals surface area contributed by atoms with Crippen molar-refractivity contribution in [3.05, 3.63) is 36.2 Å². The van der Waals surface area contributed by atoms with E-state index in [1.54, 1.807) is 0 Å². The van der Waals surface area contributed by atoms with Gasteiger partial charge in [-0.05, 0) is 31.4 Å². The Bertz CT molecular complexity index is 509. The predicted molar refractivity (Wildman–Crippen MR) is 69.1 cm³/mol. The maximum absolute atomic E-state index is 4.23. The first kappa shape index (κ1) is 11.5. The number of rotatable bonds is 6. The van der Waals surface area contributed by atoms with Gasteiger partial charge in [0.15, 0.2) is 0 Å². The lowest BCUT2D eigenvalue weighted by atomic mass is 10.2. The average molecular weight is 245 g/mol. The third kappa shape index (κ3) is 2.61. The third-order valence-electron chi connectivity index (χ3n) is 3.34. The van der Waals surface area contributed by atoms with Gasteiger partial charge in [-0.3, -0.25) is 4.68 Å². The van der Waals surface area contributed by atoms with E-state index in [2.05, 4.69) is 26.2 Å². The molecule has 3 rings (SSSR count). The molecule has 1 aliphatic rings. The first-order valence-corrected chi connectivity index (χ1v) is 6.52. The molecule has 0 aliphatic heterocycles. The predicted octanol–water partition coefficient (Wildman–Crippen LogP) is 1.28. The Kier molecular flexibility index (Phi) is 3.15. The van der Waals surface area contributed by atoms with Crippen LogP contribution in [0.5, 0.6) is 0 Å². The van der Waals surface area contributed by atoms with Crippen LogP contribution in [0.3, 0.4) is 0 Å². The Balaban J connectivity index is 1.45. The average Bonchev–Trinajstić information content (AvgIpc) is 2.96. The Hall–Kier alpha value is -1.62. The molecule has 1 saturated carbocycles. The second-order valence-electron chi connectivity index (χ2n) is 4.97.